The maximum atomic E-state index is 8.55. The first-order valence-electron chi connectivity index (χ1n) is 4.07. The van der Waals surface area contributed by atoms with Crippen LogP contribution in [0.4, 0.5) is 0 Å². The number of aliphatic hydroxyl groups is 1. The molecule has 0 heterocycles. The molecular formula is C10H18O. The summed E-state index contributed by atoms with van der Waals surface area (Å²) < 4.78 is 0. The Morgan fingerprint density at radius 3 is 2.45 bits per heavy atom. The Morgan fingerprint density at radius 1 is 1.36 bits per heavy atom. The van der Waals surface area contributed by atoms with Crippen LogP contribution in [0.5, 0.6) is 0 Å². The van der Waals surface area contributed by atoms with E-state index in [1.165, 1.54) is 11.1 Å². The average molecular weight is 154 g/mol. The molecule has 0 atom stereocenters. The fourth-order valence-corrected chi connectivity index (χ4v) is 0.927. The Hall–Kier alpha value is -0.560. The standard InChI is InChI=1S/C10H18O/c1-9(2)5-4-6-10(3)7-8-11/h7,11H,1,4-6,8H2,2-3H3/b10-7-. The molecule has 0 aliphatic carbocycles. The molecule has 0 aromatic carbocycles. The fraction of sp³-hybridized carbons (Fsp3) is 0.600. The van der Waals surface area contributed by atoms with Crippen molar-refractivity contribution in [2.75, 3.05) is 6.61 Å². The zero-order valence-electron chi connectivity index (χ0n) is 7.56. The van der Waals surface area contributed by atoms with Crippen molar-refractivity contribution in [3.63, 3.8) is 0 Å². The SMILES string of the molecule is C=C(C)CCC/C(C)=C\CO. The molecule has 0 saturated carbocycles. The van der Waals surface area contributed by atoms with Gasteiger partial charge in [0.2, 0.25) is 0 Å². The van der Waals surface area contributed by atoms with E-state index in [0.717, 1.165) is 19.3 Å². The normalized spacial score (nSPS) is 11.7. The summed E-state index contributed by atoms with van der Waals surface area (Å²) in [4.78, 5) is 0. The second kappa shape index (κ2) is 6.17. The second-order valence-electron chi connectivity index (χ2n) is 3.04. The summed E-state index contributed by atoms with van der Waals surface area (Å²) in [5, 5.41) is 8.55. The third-order valence-corrected chi connectivity index (χ3v) is 1.61. The number of allylic oxidation sites excluding steroid dienone is 2. The summed E-state index contributed by atoms with van der Waals surface area (Å²) in [6.45, 7) is 8.09. The van der Waals surface area contributed by atoms with Gasteiger partial charge in [-0.2, -0.15) is 0 Å². The molecule has 1 nitrogen and oxygen atoms in total. The van der Waals surface area contributed by atoms with Crippen molar-refractivity contribution in [2.24, 2.45) is 0 Å². The number of hydrogen-bond donors (Lipinski definition) is 1. The van der Waals surface area contributed by atoms with Crippen LogP contribution in [0.3, 0.4) is 0 Å². The van der Waals surface area contributed by atoms with Crippen LogP contribution in [-0.2, 0) is 0 Å². The minimum absolute atomic E-state index is 0.166. The van der Waals surface area contributed by atoms with Crippen molar-refractivity contribution in [3.8, 4) is 0 Å². The van der Waals surface area contributed by atoms with Crippen molar-refractivity contribution in [1.29, 1.82) is 0 Å². The van der Waals surface area contributed by atoms with Gasteiger partial charge in [0, 0.05) is 0 Å². The zero-order valence-corrected chi connectivity index (χ0v) is 7.56. The van der Waals surface area contributed by atoms with E-state index < -0.39 is 0 Å². The van der Waals surface area contributed by atoms with Gasteiger partial charge in [-0.25, -0.2) is 0 Å². The lowest BCUT2D eigenvalue weighted by atomic mass is 10.1. The molecule has 0 radical (unpaired) electrons. The Morgan fingerprint density at radius 2 is 2.00 bits per heavy atom. The summed E-state index contributed by atoms with van der Waals surface area (Å²) in [6, 6.07) is 0. The van der Waals surface area contributed by atoms with Crippen LogP contribution in [0.2, 0.25) is 0 Å². The van der Waals surface area contributed by atoms with Gasteiger partial charge in [0.05, 0.1) is 6.61 Å². The molecule has 0 aromatic rings. The average Bonchev–Trinajstić information content (AvgIpc) is 1.87. The van der Waals surface area contributed by atoms with Crippen molar-refractivity contribution >= 4 is 0 Å². The first-order valence-corrected chi connectivity index (χ1v) is 4.07. The largest absolute Gasteiger partial charge is 0.392 e. The molecule has 0 aromatic heterocycles. The monoisotopic (exact) mass is 154 g/mol. The van der Waals surface area contributed by atoms with E-state index in [-0.39, 0.29) is 6.61 Å². The lowest BCUT2D eigenvalue weighted by molar-refractivity contribution is 0.341. The maximum absolute atomic E-state index is 8.55. The van der Waals surface area contributed by atoms with Gasteiger partial charge in [0.15, 0.2) is 0 Å². The summed E-state index contributed by atoms with van der Waals surface area (Å²) in [7, 11) is 0. The maximum Gasteiger partial charge on any atom is 0.0614 e. The molecule has 0 unspecified atom stereocenters. The van der Waals surface area contributed by atoms with Crippen molar-refractivity contribution in [2.45, 2.75) is 33.1 Å². The molecule has 0 rings (SSSR count). The third-order valence-electron chi connectivity index (χ3n) is 1.61. The van der Waals surface area contributed by atoms with E-state index in [1.54, 1.807) is 0 Å². The summed E-state index contributed by atoms with van der Waals surface area (Å²) in [5.41, 5.74) is 2.51. The van der Waals surface area contributed by atoms with Gasteiger partial charge in [-0.15, -0.1) is 6.58 Å². The van der Waals surface area contributed by atoms with Crippen LogP contribution in [0, 0.1) is 0 Å². The van der Waals surface area contributed by atoms with E-state index in [2.05, 4.69) is 13.5 Å². The smallest absolute Gasteiger partial charge is 0.0614 e. The molecule has 0 fully saturated rings. The van der Waals surface area contributed by atoms with Crippen LogP contribution in [0.1, 0.15) is 33.1 Å². The van der Waals surface area contributed by atoms with Crippen LogP contribution in [-0.4, -0.2) is 11.7 Å². The topological polar surface area (TPSA) is 20.2 Å². The molecule has 0 saturated heterocycles. The Kier molecular flexibility index (Phi) is 5.86. The van der Waals surface area contributed by atoms with Crippen LogP contribution in [0.25, 0.3) is 0 Å². The predicted octanol–water partition coefficient (Wildman–Crippen LogP) is 2.67. The molecule has 0 spiro atoms. The minimum atomic E-state index is 0.166. The Labute approximate surface area is 69.4 Å². The van der Waals surface area contributed by atoms with Crippen LogP contribution in [0.15, 0.2) is 23.8 Å². The molecule has 11 heavy (non-hydrogen) atoms. The van der Waals surface area contributed by atoms with E-state index >= 15 is 0 Å². The zero-order chi connectivity index (χ0) is 8.69. The van der Waals surface area contributed by atoms with E-state index in [4.69, 9.17) is 5.11 Å². The molecule has 1 heteroatoms. The summed E-state index contributed by atoms with van der Waals surface area (Å²) >= 11 is 0. The first kappa shape index (κ1) is 10.4. The molecule has 0 amide bonds. The Bertz CT molecular complexity index is 145. The summed E-state index contributed by atoms with van der Waals surface area (Å²) in [6.07, 6.45) is 5.18. The Balaban J connectivity index is 3.38. The number of hydrogen-bond acceptors (Lipinski definition) is 1. The van der Waals surface area contributed by atoms with Crippen molar-refractivity contribution in [3.05, 3.63) is 23.8 Å². The van der Waals surface area contributed by atoms with Crippen molar-refractivity contribution in [1.82, 2.24) is 0 Å². The highest BCUT2D eigenvalue weighted by Crippen LogP contribution is 2.09. The summed E-state index contributed by atoms with van der Waals surface area (Å²) in [5.74, 6) is 0. The molecule has 0 aliphatic heterocycles. The molecule has 1 N–H and O–H groups in total. The van der Waals surface area contributed by atoms with E-state index in [0.29, 0.717) is 0 Å². The van der Waals surface area contributed by atoms with E-state index in [1.807, 2.05) is 13.0 Å². The first-order chi connectivity index (χ1) is 5.16. The van der Waals surface area contributed by atoms with Gasteiger partial charge in [0.25, 0.3) is 0 Å². The van der Waals surface area contributed by atoms with Gasteiger partial charge >= 0.3 is 0 Å². The highest BCUT2D eigenvalue weighted by atomic mass is 16.2. The molecule has 0 bridgehead atoms. The molecular weight excluding hydrogens is 136 g/mol. The van der Waals surface area contributed by atoms with Crippen LogP contribution >= 0.6 is 0 Å². The quantitative estimate of drug-likeness (QED) is 0.604. The minimum Gasteiger partial charge on any atom is -0.392 e. The second-order valence-corrected chi connectivity index (χ2v) is 3.04. The van der Waals surface area contributed by atoms with Gasteiger partial charge in [-0.1, -0.05) is 17.2 Å². The highest BCUT2D eigenvalue weighted by Gasteiger charge is 1.90. The third kappa shape index (κ3) is 7.34. The molecule has 0 aliphatic rings. The fourth-order valence-electron chi connectivity index (χ4n) is 0.927. The number of aliphatic hydroxyl groups excluding tert-OH is 1. The van der Waals surface area contributed by atoms with Gasteiger partial charge < -0.3 is 5.11 Å². The van der Waals surface area contributed by atoms with Crippen molar-refractivity contribution < 1.29 is 5.11 Å². The lowest BCUT2D eigenvalue weighted by Gasteiger charge is -2.00. The van der Waals surface area contributed by atoms with Gasteiger partial charge in [-0.05, 0) is 33.1 Å². The van der Waals surface area contributed by atoms with Gasteiger partial charge in [-0.3, -0.25) is 0 Å². The molecule has 64 valence electrons. The van der Waals surface area contributed by atoms with Crippen LogP contribution < -0.4 is 0 Å². The van der Waals surface area contributed by atoms with E-state index in [9.17, 15) is 0 Å². The lowest BCUT2D eigenvalue weighted by Crippen LogP contribution is -1.82. The van der Waals surface area contributed by atoms with Gasteiger partial charge in [0.1, 0.15) is 0 Å². The predicted molar refractivity (Wildman–Crippen MR) is 49.5 cm³/mol. The highest BCUT2D eigenvalue weighted by molar-refractivity contribution is 4.99. The number of rotatable bonds is 5.